The fourth-order valence-electron chi connectivity index (χ4n) is 4.66. The zero-order valence-corrected chi connectivity index (χ0v) is 14.4. The van der Waals surface area contributed by atoms with Crippen molar-refractivity contribution in [2.75, 3.05) is 0 Å². The lowest BCUT2D eigenvalue weighted by molar-refractivity contribution is -0.240. The molecule has 3 saturated heterocycles. The molecule has 0 radical (unpaired) electrons. The summed E-state index contributed by atoms with van der Waals surface area (Å²) in [6.45, 7) is 4.34. The maximum atomic E-state index is 12.4. The fraction of sp³-hybridized carbons (Fsp3) is 0.706. The van der Waals surface area contributed by atoms with E-state index in [1.54, 1.807) is 6.92 Å². The minimum atomic E-state index is -2.29. The van der Waals surface area contributed by atoms with Crippen LogP contribution in [0.1, 0.15) is 33.6 Å². The molecule has 9 nitrogen and oxygen atoms in total. The van der Waals surface area contributed by atoms with E-state index in [9.17, 15) is 19.5 Å². The molecule has 4 heterocycles. The van der Waals surface area contributed by atoms with E-state index in [0.29, 0.717) is 12.8 Å². The van der Waals surface area contributed by atoms with E-state index in [1.807, 2.05) is 0 Å². The number of esters is 3. The third-order valence-corrected chi connectivity index (χ3v) is 6.14. The Morgan fingerprint density at radius 3 is 2.69 bits per heavy atom. The molecule has 1 N–H and O–H groups in total. The number of rotatable bonds is 1. The van der Waals surface area contributed by atoms with E-state index < -0.39 is 53.2 Å². The van der Waals surface area contributed by atoms with Crippen molar-refractivity contribution in [3.8, 4) is 0 Å². The molecule has 4 fully saturated rings. The molecule has 1 saturated carbocycles. The van der Waals surface area contributed by atoms with Gasteiger partial charge in [-0.25, -0.2) is 9.59 Å². The standard InChI is InChI=1S/C17H18O9/c1-6-9-10-11-16(25-11,14(20)23-10)5-4-8-15(3,24-8)13(22-7(2)18)17(9,21)26-12(6)19/h8,10-11,13,21H,4-5H2,1-3H3/t8?,10?,11?,13?,15-,16-,17-/m0/s1. The minimum absolute atomic E-state index is 0.0591. The van der Waals surface area contributed by atoms with Crippen molar-refractivity contribution in [1.82, 2.24) is 0 Å². The number of epoxide rings is 2. The summed E-state index contributed by atoms with van der Waals surface area (Å²) in [5.74, 6) is -4.24. The van der Waals surface area contributed by atoms with Crippen molar-refractivity contribution < 1.29 is 43.2 Å². The predicted molar refractivity (Wildman–Crippen MR) is 79.3 cm³/mol. The van der Waals surface area contributed by atoms with Crippen LogP contribution in [0.3, 0.4) is 0 Å². The van der Waals surface area contributed by atoms with Crippen LogP contribution in [0.25, 0.3) is 0 Å². The van der Waals surface area contributed by atoms with Gasteiger partial charge in [0.1, 0.15) is 11.7 Å². The average molecular weight is 366 g/mol. The summed E-state index contributed by atoms with van der Waals surface area (Å²) in [7, 11) is 0. The molecule has 140 valence electrons. The summed E-state index contributed by atoms with van der Waals surface area (Å²) in [6, 6.07) is 0. The monoisotopic (exact) mass is 366 g/mol. The number of aliphatic hydroxyl groups is 1. The maximum Gasteiger partial charge on any atom is 0.342 e. The van der Waals surface area contributed by atoms with Gasteiger partial charge in [-0.1, -0.05) is 0 Å². The van der Waals surface area contributed by atoms with Gasteiger partial charge < -0.3 is 28.8 Å². The molecule has 7 atom stereocenters. The Balaban J connectivity index is 1.68. The topological polar surface area (TPSA) is 124 Å². The minimum Gasteiger partial charge on any atom is -0.452 e. The Hall–Kier alpha value is -1.97. The first-order valence-electron chi connectivity index (χ1n) is 8.54. The van der Waals surface area contributed by atoms with Crippen LogP contribution in [-0.4, -0.2) is 64.4 Å². The first-order valence-corrected chi connectivity index (χ1v) is 8.54. The average Bonchev–Trinajstić information content (AvgIpc) is 3.39. The lowest BCUT2D eigenvalue weighted by atomic mass is 9.81. The van der Waals surface area contributed by atoms with Gasteiger partial charge in [0.2, 0.25) is 6.10 Å². The molecule has 2 bridgehead atoms. The molecule has 5 aliphatic rings. The highest BCUT2D eigenvalue weighted by Gasteiger charge is 2.79. The molecule has 0 spiro atoms. The summed E-state index contributed by atoms with van der Waals surface area (Å²) in [5, 5.41) is 11.4. The van der Waals surface area contributed by atoms with Gasteiger partial charge in [0.15, 0.2) is 11.7 Å². The number of hydrogen-bond acceptors (Lipinski definition) is 9. The largest absolute Gasteiger partial charge is 0.452 e. The lowest BCUT2D eigenvalue weighted by Crippen LogP contribution is -2.57. The third kappa shape index (κ3) is 1.73. The van der Waals surface area contributed by atoms with Gasteiger partial charge in [-0.3, -0.25) is 4.79 Å². The summed E-state index contributed by atoms with van der Waals surface area (Å²) in [6.07, 6.45) is -2.42. The van der Waals surface area contributed by atoms with Crippen molar-refractivity contribution >= 4 is 17.9 Å². The third-order valence-electron chi connectivity index (χ3n) is 6.14. The quantitative estimate of drug-likeness (QED) is 0.371. The van der Waals surface area contributed by atoms with Crippen LogP contribution < -0.4 is 0 Å². The highest BCUT2D eigenvalue weighted by molar-refractivity contribution is 5.94. The molecule has 4 aliphatic heterocycles. The van der Waals surface area contributed by atoms with Gasteiger partial charge in [0, 0.05) is 12.5 Å². The van der Waals surface area contributed by atoms with E-state index in [1.165, 1.54) is 13.8 Å². The van der Waals surface area contributed by atoms with Gasteiger partial charge in [-0.2, -0.15) is 0 Å². The number of carbonyl (C=O) groups excluding carboxylic acids is 3. The molecule has 26 heavy (non-hydrogen) atoms. The normalized spacial score (nSPS) is 50.9. The van der Waals surface area contributed by atoms with E-state index in [-0.39, 0.29) is 17.3 Å². The molecular weight excluding hydrogens is 348 g/mol. The first-order chi connectivity index (χ1) is 12.1. The molecule has 0 aromatic carbocycles. The molecule has 9 heteroatoms. The molecule has 0 aromatic rings. The Kier molecular flexibility index (Phi) is 2.79. The second kappa shape index (κ2) is 4.47. The van der Waals surface area contributed by atoms with Gasteiger partial charge in [-0.05, 0) is 26.7 Å². The highest BCUT2D eigenvalue weighted by Crippen LogP contribution is 2.60. The predicted octanol–water partition coefficient (Wildman–Crippen LogP) is -0.506. The van der Waals surface area contributed by atoms with Gasteiger partial charge >= 0.3 is 17.9 Å². The van der Waals surface area contributed by atoms with Gasteiger partial charge in [0.25, 0.3) is 5.79 Å². The first kappa shape index (κ1) is 16.2. The maximum absolute atomic E-state index is 12.4. The van der Waals surface area contributed by atoms with Crippen LogP contribution >= 0.6 is 0 Å². The molecule has 5 rings (SSSR count). The van der Waals surface area contributed by atoms with Crippen LogP contribution in [0.5, 0.6) is 0 Å². The van der Waals surface area contributed by atoms with Gasteiger partial charge in [0.05, 0.1) is 11.7 Å². The lowest BCUT2D eigenvalue weighted by Gasteiger charge is -2.36. The second-order valence-electron chi connectivity index (χ2n) is 7.70. The fourth-order valence-corrected chi connectivity index (χ4v) is 4.66. The Bertz CT molecular complexity index is 802. The highest BCUT2D eigenvalue weighted by atomic mass is 16.7. The molecule has 0 amide bonds. The van der Waals surface area contributed by atoms with Crippen LogP contribution in [0.2, 0.25) is 0 Å². The Labute approximate surface area is 148 Å². The van der Waals surface area contributed by atoms with E-state index in [2.05, 4.69) is 0 Å². The zero-order chi connectivity index (χ0) is 18.6. The Morgan fingerprint density at radius 2 is 2.04 bits per heavy atom. The molecule has 4 unspecified atom stereocenters. The summed E-state index contributed by atoms with van der Waals surface area (Å²) < 4.78 is 27.5. The van der Waals surface area contributed by atoms with Crippen molar-refractivity contribution in [3.63, 3.8) is 0 Å². The van der Waals surface area contributed by atoms with Crippen LogP contribution in [0, 0.1) is 0 Å². The number of carbonyl (C=O) groups is 3. The zero-order valence-electron chi connectivity index (χ0n) is 14.4. The van der Waals surface area contributed by atoms with Crippen molar-refractivity contribution in [2.45, 2.75) is 75.0 Å². The summed E-state index contributed by atoms with van der Waals surface area (Å²) in [4.78, 5) is 36.3. The van der Waals surface area contributed by atoms with E-state index in [0.717, 1.165) is 0 Å². The van der Waals surface area contributed by atoms with Gasteiger partial charge in [-0.15, -0.1) is 0 Å². The van der Waals surface area contributed by atoms with Crippen molar-refractivity contribution in [3.05, 3.63) is 11.1 Å². The van der Waals surface area contributed by atoms with Crippen LogP contribution in [0.4, 0.5) is 0 Å². The summed E-state index contributed by atoms with van der Waals surface area (Å²) in [5.41, 5.74) is -1.96. The van der Waals surface area contributed by atoms with E-state index in [4.69, 9.17) is 23.7 Å². The second-order valence-corrected chi connectivity index (χ2v) is 7.70. The summed E-state index contributed by atoms with van der Waals surface area (Å²) >= 11 is 0. The Morgan fingerprint density at radius 1 is 1.31 bits per heavy atom. The number of fused-ring (bicyclic) bond motifs is 3. The molecular formula is C17H18O9. The number of ether oxygens (including phenoxy) is 5. The van der Waals surface area contributed by atoms with Crippen LogP contribution in [-0.2, 0) is 38.1 Å². The van der Waals surface area contributed by atoms with Crippen molar-refractivity contribution in [2.24, 2.45) is 0 Å². The van der Waals surface area contributed by atoms with E-state index >= 15 is 0 Å². The number of hydrogen-bond donors (Lipinski definition) is 1. The van der Waals surface area contributed by atoms with Crippen LogP contribution in [0.15, 0.2) is 11.1 Å². The molecule has 1 aliphatic carbocycles. The SMILES string of the molecule is CC(=O)OC1[C@@]2(C)OC2CC[C@]23OC2C(OC3=O)C2=C(C)C(=O)O[C@@]21O. The smallest absolute Gasteiger partial charge is 0.342 e. The van der Waals surface area contributed by atoms with Crippen molar-refractivity contribution in [1.29, 1.82) is 0 Å². The molecule has 0 aromatic heterocycles.